The van der Waals surface area contributed by atoms with Crippen molar-refractivity contribution in [3.05, 3.63) is 59.1 Å². The molecule has 0 amide bonds. The topological polar surface area (TPSA) is 39.2 Å². The molecule has 0 atom stereocenters. The second-order valence-electron chi connectivity index (χ2n) is 5.40. The average Bonchev–Trinajstić information content (AvgIpc) is 2.98. The number of esters is 1. The summed E-state index contributed by atoms with van der Waals surface area (Å²) in [5.74, 6) is 0.433. The van der Waals surface area contributed by atoms with Gasteiger partial charge in [-0.2, -0.15) is 0 Å². The third kappa shape index (κ3) is 4.17. The van der Waals surface area contributed by atoms with Gasteiger partial charge in [0.2, 0.25) is 0 Å². The van der Waals surface area contributed by atoms with Gasteiger partial charge in [-0.15, -0.1) is 11.3 Å². The van der Waals surface area contributed by atoms with Crippen LogP contribution in [0.1, 0.15) is 30.3 Å². The highest BCUT2D eigenvalue weighted by molar-refractivity contribution is 7.18. The van der Waals surface area contributed by atoms with Gasteiger partial charge >= 0.3 is 5.97 Å². The molecule has 3 aromatic rings. The lowest BCUT2D eigenvalue weighted by Gasteiger charge is -2.04. The van der Waals surface area contributed by atoms with E-state index in [9.17, 15) is 4.79 Å². The van der Waals surface area contributed by atoms with Crippen molar-refractivity contribution in [3.8, 4) is 5.75 Å². The van der Waals surface area contributed by atoms with Crippen LogP contribution in [0.3, 0.4) is 0 Å². The number of aromatic nitrogens is 1. The van der Waals surface area contributed by atoms with Crippen molar-refractivity contribution in [1.29, 1.82) is 0 Å². The van der Waals surface area contributed by atoms with E-state index < -0.39 is 0 Å². The summed E-state index contributed by atoms with van der Waals surface area (Å²) in [4.78, 5) is 16.5. The molecule has 0 N–H and O–H groups in total. The highest BCUT2D eigenvalue weighted by Crippen LogP contribution is 2.23. The molecule has 0 aliphatic carbocycles. The molecule has 0 aliphatic heterocycles. The monoisotopic (exact) mass is 325 g/mol. The fourth-order valence-electron chi connectivity index (χ4n) is 2.39. The Hall–Kier alpha value is -2.20. The zero-order valence-corrected chi connectivity index (χ0v) is 13.9. The standard InChI is InChI=1S/C19H19NO2S/c1-2-14-10-12-15(13-11-14)22-19(21)9-5-8-18-20-16-6-3-4-7-17(16)23-18/h3-4,6-7,10-13H,2,5,8-9H2,1H3. The van der Waals surface area contributed by atoms with Crippen LogP contribution in [0.4, 0.5) is 0 Å². The minimum Gasteiger partial charge on any atom is -0.427 e. The molecular weight excluding hydrogens is 306 g/mol. The lowest BCUT2D eigenvalue weighted by molar-refractivity contribution is -0.134. The van der Waals surface area contributed by atoms with E-state index in [1.807, 2.05) is 42.5 Å². The van der Waals surface area contributed by atoms with E-state index in [-0.39, 0.29) is 5.97 Å². The number of hydrogen-bond donors (Lipinski definition) is 0. The molecule has 2 aromatic carbocycles. The fourth-order valence-corrected chi connectivity index (χ4v) is 3.40. The third-order valence-corrected chi connectivity index (χ3v) is 4.77. The Morgan fingerprint density at radius 2 is 1.91 bits per heavy atom. The molecule has 0 radical (unpaired) electrons. The average molecular weight is 325 g/mol. The van der Waals surface area contributed by atoms with Crippen LogP contribution in [0.5, 0.6) is 5.75 Å². The highest BCUT2D eigenvalue weighted by atomic mass is 32.1. The zero-order chi connectivity index (χ0) is 16.1. The van der Waals surface area contributed by atoms with Crippen molar-refractivity contribution in [2.24, 2.45) is 0 Å². The molecule has 3 rings (SSSR count). The van der Waals surface area contributed by atoms with E-state index >= 15 is 0 Å². The van der Waals surface area contributed by atoms with E-state index in [0.717, 1.165) is 29.8 Å². The smallest absolute Gasteiger partial charge is 0.311 e. The summed E-state index contributed by atoms with van der Waals surface area (Å²) in [6, 6.07) is 15.8. The zero-order valence-electron chi connectivity index (χ0n) is 13.1. The molecule has 1 aromatic heterocycles. The molecule has 118 valence electrons. The van der Waals surface area contributed by atoms with E-state index in [4.69, 9.17) is 4.74 Å². The van der Waals surface area contributed by atoms with Gasteiger partial charge in [-0.25, -0.2) is 4.98 Å². The summed E-state index contributed by atoms with van der Waals surface area (Å²) in [5, 5.41) is 1.08. The van der Waals surface area contributed by atoms with Crippen molar-refractivity contribution >= 4 is 27.5 Å². The van der Waals surface area contributed by atoms with Crippen LogP contribution in [0.2, 0.25) is 0 Å². The first-order valence-electron chi connectivity index (χ1n) is 7.88. The van der Waals surface area contributed by atoms with E-state index in [2.05, 4.69) is 18.0 Å². The van der Waals surface area contributed by atoms with Gasteiger partial charge in [-0.1, -0.05) is 31.2 Å². The number of para-hydroxylation sites is 1. The van der Waals surface area contributed by atoms with Crippen molar-refractivity contribution in [2.75, 3.05) is 0 Å². The Morgan fingerprint density at radius 3 is 2.65 bits per heavy atom. The number of carbonyl (C=O) groups is 1. The summed E-state index contributed by atoms with van der Waals surface area (Å²) in [6.45, 7) is 2.10. The Balaban J connectivity index is 1.48. The first-order valence-corrected chi connectivity index (χ1v) is 8.70. The fraction of sp³-hybridized carbons (Fsp3) is 0.263. The Morgan fingerprint density at radius 1 is 1.13 bits per heavy atom. The van der Waals surface area contributed by atoms with Crippen LogP contribution in [-0.4, -0.2) is 11.0 Å². The molecule has 0 unspecified atom stereocenters. The molecule has 3 nitrogen and oxygen atoms in total. The van der Waals surface area contributed by atoms with E-state index in [0.29, 0.717) is 12.2 Å². The first-order chi connectivity index (χ1) is 11.2. The summed E-state index contributed by atoms with van der Waals surface area (Å²) in [6.07, 6.45) is 2.96. The Kier molecular flexibility index (Phi) is 5.03. The number of nitrogens with zero attached hydrogens (tertiary/aromatic N) is 1. The number of aryl methyl sites for hydroxylation is 2. The molecule has 23 heavy (non-hydrogen) atoms. The molecular formula is C19H19NO2S. The minimum atomic E-state index is -0.185. The third-order valence-electron chi connectivity index (χ3n) is 3.67. The van der Waals surface area contributed by atoms with Crippen LogP contribution in [0.25, 0.3) is 10.2 Å². The quantitative estimate of drug-likeness (QED) is 0.483. The van der Waals surface area contributed by atoms with Gasteiger partial charge in [-0.3, -0.25) is 4.79 Å². The number of fused-ring (bicyclic) bond motifs is 1. The molecule has 0 saturated carbocycles. The largest absolute Gasteiger partial charge is 0.427 e. The summed E-state index contributed by atoms with van der Waals surface area (Å²) >= 11 is 1.69. The van der Waals surface area contributed by atoms with Gasteiger partial charge in [0.1, 0.15) is 5.75 Å². The molecule has 0 saturated heterocycles. The number of thiazole rings is 1. The van der Waals surface area contributed by atoms with E-state index in [1.54, 1.807) is 11.3 Å². The van der Waals surface area contributed by atoms with E-state index in [1.165, 1.54) is 10.3 Å². The molecule has 0 aliphatic rings. The van der Waals surface area contributed by atoms with Gasteiger partial charge < -0.3 is 4.74 Å². The minimum absolute atomic E-state index is 0.185. The second-order valence-corrected chi connectivity index (χ2v) is 6.52. The van der Waals surface area contributed by atoms with Crippen LogP contribution in [-0.2, 0) is 17.6 Å². The first kappa shape index (κ1) is 15.7. The Labute approximate surface area is 139 Å². The lowest BCUT2D eigenvalue weighted by atomic mass is 10.2. The molecule has 1 heterocycles. The van der Waals surface area contributed by atoms with Gasteiger partial charge in [0.05, 0.1) is 15.2 Å². The van der Waals surface area contributed by atoms with Gasteiger partial charge in [0.25, 0.3) is 0 Å². The SMILES string of the molecule is CCc1ccc(OC(=O)CCCc2nc3ccccc3s2)cc1. The molecule has 0 bridgehead atoms. The number of carbonyl (C=O) groups excluding carboxylic acids is 1. The number of hydrogen-bond acceptors (Lipinski definition) is 4. The summed E-state index contributed by atoms with van der Waals surface area (Å²) in [7, 11) is 0. The predicted octanol–water partition coefficient (Wildman–Crippen LogP) is 4.79. The van der Waals surface area contributed by atoms with Gasteiger partial charge in [0, 0.05) is 6.42 Å². The lowest BCUT2D eigenvalue weighted by Crippen LogP contribution is -2.08. The summed E-state index contributed by atoms with van der Waals surface area (Å²) < 4.78 is 6.55. The normalized spacial score (nSPS) is 10.8. The van der Waals surface area contributed by atoms with Crippen molar-refractivity contribution in [2.45, 2.75) is 32.6 Å². The maximum atomic E-state index is 11.9. The van der Waals surface area contributed by atoms with Crippen molar-refractivity contribution in [3.63, 3.8) is 0 Å². The molecule has 4 heteroatoms. The number of benzene rings is 2. The number of rotatable bonds is 6. The summed E-state index contributed by atoms with van der Waals surface area (Å²) in [5.41, 5.74) is 2.27. The van der Waals surface area contributed by atoms with Crippen molar-refractivity contribution in [1.82, 2.24) is 4.98 Å². The number of ether oxygens (including phenoxy) is 1. The Bertz CT molecular complexity index is 759. The maximum absolute atomic E-state index is 11.9. The van der Waals surface area contributed by atoms with Crippen molar-refractivity contribution < 1.29 is 9.53 Å². The van der Waals surface area contributed by atoms with Crippen LogP contribution < -0.4 is 4.74 Å². The highest BCUT2D eigenvalue weighted by Gasteiger charge is 2.07. The van der Waals surface area contributed by atoms with Gasteiger partial charge in [-0.05, 0) is 49.1 Å². The predicted molar refractivity (Wildman–Crippen MR) is 94.0 cm³/mol. The molecule has 0 spiro atoms. The van der Waals surface area contributed by atoms with Crippen LogP contribution in [0.15, 0.2) is 48.5 Å². The van der Waals surface area contributed by atoms with Crippen LogP contribution >= 0.6 is 11.3 Å². The van der Waals surface area contributed by atoms with Gasteiger partial charge in [0.15, 0.2) is 0 Å². The maximum Gasteiger partial charge on any atom is 0.311 e. The second kappa shape index (κ2) is 7.38. The molecule has 0 fully saturated rings. The van der Waals surface area contributed by atoms with Crippen LogP contribution in [0, 0.1) is 0 Å².